The lowest BCUT2D eigenvalue weighted by molar-refractivity contribution is -0.149. The zero-order valence-electron chi connectivity index (χ0n) is 11.9. The van der Waals surface area contributed by atoms with Crippen LogP contribution in [0.25, 0.3) is 0 Å². The second-order valence-corrected chi connectivity index (χ2v) is 4.78. The Morgan fingerprint density at radius 1 is 1.38 bits per heavy atom. The van der Waals surface area contributed by atoms with Crippen LogP contribution in [0.1, 0.15) is 18.1 Å². The van der Waals surface area contributed by atoms with Gasteiger partial charge in [-0.2, -0.15) is 13.2 Å². The monoisotopic (exact) mass is 304 g/mol. The zero-order valence-corrected chi connectivity index (χ0v) is 11.9. The summed E-state index contributed by atoms with van der Waals surface area (Å²) in [6, 6.07) is 4.47. The number of carbonyl (C=O) groups is 1. The fourth-order valence-corrected chi connectivity index (χ4v) is 1.72. The highest BCUT2D eigenvalue weighted by atomic mass is 19.4. The summed E-state index contributed by atoms with van der Waals surface area (Å²) < 4.78 is 37.4. The van der Waals surface area contributed by atoms with Gasteiger partial charge in [0.05, 0.1) is 6.61 Å². The average Bonchev–Trinajstić information content (AvgIpc) is 2.39. The van der Waals surface area contributed by atoms with Crippen molar-refractivity contribution >= 4 is 6.03 Å². The topological polar surface area (TPSA) is 52.6 Å². The van der Waals surface area contributed by atoms with Crippen molar-refractivity contribution in [2.75, 3.05) is 13.2 Å². The van der Waals surface area contributed by atoms with E-state index >= 15 is 0 Å². The number of halogens is 3. The van der Waals surface area contributed by atoms with Crippen molar-refractivity contribution in [3.63, 3.8) is 0 Å². The maximum Gasteiger partial charge on any atom is 0.408 e. The van der Waals surface area contributed by atoms with E-state index in [9.17, 15) is 18.0 Å². The Kier molecular flexibility index (Phi) is 6.02. The van der Waals surface area contributed by atoms with Crippen LogP contribution in [-0.4, -0.2) is 41.4 Å². The molecule has 0 heterocycles. The van der Waals surface area contributed by atoms with Crippen LogP contribution in [0.4, 0.5) is 18.0 Å². The highest BCUT2D eigenvalue weighted by Gasteiger charge is 2.37. The van der Waals surface area contributed by atoms with Crippen LogP contribution in [0.2, 0.25) is 0 Å². The van der Waals surface area contributed by atoms with Crippen LogP contribution in [-0.2, 0) is 6.54 Å². The maximum absolute atomic E-state index is 12.5. The molecule has 1 rings (SSSR count). The van der Waals surface area contributed by atoms with Crippen molar-refractivity contribution in [3.05, 3.63) is 35.4 Å². The molecule has 1 aromatic rings. The second kappa shape index (κ2) is 7.31. The van der Waals surface area contributed by atoms with Crippen LogP contribution in [0, 0.1) is 6.92 Å². The largest absolute Gasteiger partial charge is 0.408 e. The second-order valence-electron chi connectivity index (χ2n) is 4.78. The number of nitrogens with zero attached hydrogens (tertiary/aromatic N) is 1. The molecule has 21 heavy (non-hydrogen) atoms. The first-order chi connectivity index (χ1) is 9.75. The molecule has 118 valence electrons. The van der Waals surface area contributed by atoms with Crippen molar-refractivity contribution in [2.24, 2.45) is 0 Å². The Bertz CT molecular complexity index is 478. The normalized spacial score (nSPS) is 12.9. The van der Waals surface area contributed by atoms with Crippen LogP contribution in [0.3, 0.4) is 0 Å². The van der Waals surface area contributed by atoms with Gasteiger partial charge in [-0.1, -0.05) is 24.3 Å². The molecule has 0 aliphatic heterocycles. The van der Waals surface area contributed by atoms with Crippen molar-refractivity contribution < 1.29 is 23.1 Å². The van der Waals surface area contributed by atoms with Crippen LogP contribution in [0.5, 0.6) is 0 Å². The Hall–Kier alpha value is -1.76. The summed E-state index contributed by atoms with van der Waals surface area (Å²) in [6.45, 7) is 2.51. The Balaban J connectivity index is 2.77. The summed E-state index contributed by atoms with van der Waals surface area (Å²) in [7, 11) is 0. The number of hydrogen-bond donors (Lipinski definition) is 2. The first-order valence-corrected chi connectivity index (χ1v) is 6.53. The minimum Gasteiger partial charge on any atom is -0.395 e. The molecule has 7 heteroatoms. The molecule has 2 amide bonds. The van der Waals surface area contributed by atoms with Gasteiger partial charge < -0.3 is 15.3 Å². The Labute approximate surface area is 121 Å². The molecule has 0 aliphatic rings. The molecule has 0 unspecified atom stereocenters. The smallest absolute Gasteiger partial charge is 0.395 e. The number of amides is 2. The summed E-state index contributed by atoms with van der Waals surface area (Å²) in [6.07, 6.45) is -4.50. The SMILES string of the molecule is Cc1ccccc1CN(CCO)C(=O)N[C@H](C)C(F)(F)F. The third-order valence-electron chi connectivity index (χ3n) is 3.11. The molecule has 0 aliphatic carbocycles. The summed E-state index contributed by atoms with van der Waals surface area (Å²) in [5, 5.41) is 10.9. The highest BCUT2D eigenvalue weighted by Crippen LogP contribution is 2.20. The van der Waals surface area contributed by atoms with E-state index in [1.807, 2.05) is 24.4 Å². The van der Waals surface area contributed by atoms with Gasteiger partial charge >= 0.3 is 12.2 Å². The number of hydrogen-bond acceptors (Lipinski definition) is 2. The standard InChI is InChI=1S/C14H19F3N2O2/c1-10-5-3-4-6-12(10)9-19(7-8-20)13(21)18-11(2)14(15,16)17/h3-6,11,20H,7-9H2,1-2H3,(H,18,21)/t11-/m1/s1. The average molecular weight is 304 g/mol. The summed E-state index contributed by atoms with van der Waals surface area (Å²) in [4.78, 5) is 13.1. The van der Waals surface area contributed by atoms with Gasteiger partial charge in [0, 0.05) is 13.1 Å². The molecular formula is C14H19F3N2O2. The molecule has 0 spiro atoms. The number of benzene rings is 1. The van der Waals surface area contributed by atoms with Gasteiger partial charge in [0.2, 0.25) is 0 Å². The highest BCUT2D eigenvalue weighted by molar-refractivity contribution is 5.74. The molecule has 0 saturated heterocycles. The Morgan fingerprint density at radius 3 is 2.52 bits per heavy atom. The van der Waals surface area contributed by atoms with Gasteiger partial charge in [-0.05, 0) is 25.0 Å². The third-order valence-corrected chi connectivity index (χ3v) is 3.11. The van der Waals surface area contributed by atoms with E-state index in [0.717, 1.165) is 23.0 Å². The van der Waals surface area contributed by atoms with E-state index in [1.165, 1.54) is 0 Å². The van der Waals surface area contributed by atoms with Gasteiger partial charge in [0.15, 0.2) is 0 Å². The van der Waals surface area contributed by atoms with Gasteiger partial charge in [-0.25, -0.2) is 4.79 Å². The number of aliphatic hydroxyl groups is 1. The van der Waals surface area contributed by atoms with Crippen molar-refractivity contribution in [1.29, 1.82) is 0 Å². The number of rotatable bonds is 5. The maximum atomic E-state index is 12.5. The fourth-order valence-electron chi connectivity index (χ4n) is 1.72. The van der Waals surface area contributed by atoms with Gasteiger partial charge in [-0.15, -0.1) is 0 Å². The predicted octanol–water partition coefficient (Wildman–Crippen LogP) is 2.45. The van der Waals surface area contributed by atoms with Crippen molar-refractivity contribution in [2.45, 2.75) is 32.6 Å². The lowest BCUT2D eigenvalue weighted by atomic mass is 10.1. The quantitative estimate of drug-likeness (QED) is 0.878. The first-order valence-electron chi connectivity index (χ1n) is 6.53. The minimum atomic E-state index is -4.50. The minimum absolute atomic E-state index is 0.0370. The van der Waals surface area contributed by atoms with E-state index < -0.39 is 18.2 Å². The molecule has 0 aromatic heterocycles. The van der Waals surface area contributed by atoms with E-state index in [1.54, 1.807) is 12.1 Å². The number of alkyl halides is 3. The number of urea groups is 1. The molecule has 1 atom stereocenters. The molecule has 2 N–H and O–H groups in total. The molecule has 4 nitrogen and oxygen atoms in total. The lowest BCUT2D eigenvalue weighted by Crippen LogP contribution is -2.49. The molecule has 0 radical (unpaired) electrons. The van der Waals surface area contributed by atoms with Crippen LogP contribution in [0.15, 0.2) is 24.3 Å². The number of carbonyl (C=O) groups excluding carboxylic acids is 1. The van der Waals surface area contributed by atoms with E-state index in [4.69, 9.17) is 5.11 Å². The molecule has 1 aromatic carbocycles. The zero-order chi connectivity index (χ0) is 16.0. The van der Waals surface area contributed by atoms with Crippen molar-refractivity contribution in [1.82, 2.24) is 10.2 Å². The summed E-state index contributed by atoms with van der Waals surface area (Å²) in [5.41, 5.74) is 1.75. The Morgan fingerprint density at radius 2 is 2.00 bits per heavy atom. The van der Waals surface area contributed by atoms with E-state index in [2.05, 4.69) is 0 Å². The number of aryl methyl sites for hydroxylation is 1. The number of aliphatic hydroxyl groups excluding tert-OH is 1. The summed E-state index contributed by atoms with van der Waals surface area (Å²) in [5.74, 6) is 0. The van der Waals surface area contributed by atoms with E-state index in [-0.39, 0.29) is 19.7 Å². The van der Waals surface area contributed by atoms with Gasteiger partial charge in [0.25, 0.3) is 0 Å². The van der Waals surface area contributed by atoms with Gasteiger partial charge in [0.1, 0.15) is 6.04 Å². The van der Waals surface area contributed by atoms with Gasteiger partial charge in [-0.3, -0.25) is 0 Å². The molecule has 0 bridgehead atoms. The van der Waals surface area contributed by atoms with E-state index in [0.29, 0.717) is 0 Å². The molecular weight excluding hydrogens is 285 g/mol. The lowest BCUT2D eigenvalue weighted by Gasteiger charge is -2.26. The summed E-state index contributed by atoms with van der Waals surface area (Å²) >= 11 is 0. The third kappa shape index (κ3) is 5.26. The van der Waals surface area contributed by atoms with Crippen LogP contribution < -0.4 is 5.32 Å². The number of nitrogens with one attached hydrogen (secondary N) is 1. The first kappa shape index (κ1) is 17.3. The molecule has 0 fully saturated rings. The predicted molar refractivity (Wildman–Crippen MR) is 72.7 cm³/mol. The fraction of sp³-hybridized carbons (Fsp3) is 0.500. The molecule has 0 saturated carbocycles. The van der Waals surface area contributed by atoms with Crippen molar-refractivity contribution in [3.8, 4) is 0 Å². The van der Waals surface area contributed by atoms with Crippen LogP contribution >= 0.6 is 0 Å².